The molecule has 0 unspecified atom stereocenters. The summed E-state index contributed by atoms with van der Waals surface area (Å²) in [5.74, 6) is 0.886. The van der Waals surface area contributed by atoms with Crippen LogP contribution >= 0.6 is 11.3 Å². The van der Waals surface area contributed by atoms with Crippen molar-refractivity contribution in [1.82, 2.24) is 5.32 Å². The molecule has 96 valence electrons. The van der Waals surface area contributed by atoms with Gasteiger partial charge in [-0.25, -0.2) is 0 Å². The van der Waals surface area contributed by atoms with Gasteiger partial charge in [0.15, 0.2) is 0 Å². The van der Waals surface area contributed by atoms with Gasteiger partial charge in [-0.15, -0.1) is 11.3 Å². The molecule has 18 heavy (non-hydrogen) atoms. The molecule has 1 aromatic carbocycles. The summed E-state index contributed by atoms with van der Waals surface area (Å²) in [6.45, 7) is 2.93. The molecule has 4 heteroatoms. The Morgan fingerprint density at radius 3 is 2.89 bits per heavy atom. The Morgan fingerprint density at radius 2 is 2.22 bits per heavy atom. The van der Waals surface area contributed by atoms with E-state index in [1.807, 2.05) is 23.6 Å². The molecule has 0 aliphatic rings. The molecule has 1 atom stereocenters. The van der Waals surface area contributed by atoms with Gasteiger partial charge in [0.25, 0.3) is 0 Å². The smallest absolute Gasteiger partial charge is 0.119 e. The van der Waals surface area contributed by atoms with E-state index in [-0.39, 0.29) is 6.04 Å². The van der Waals surface area contributed by atoms with E-state index in [2.05, 4.69) is 24.4 Å². The summed E-state index contributed by atoms with van der Waals surface area (Å²) in [6.07, 6.45) is 0. The maximum Gasteiger partial charge on any atom is 0.119 e. The van der Waals surface area contributed by atoms with Crippen LogP contribution in [0.5, 0.6) is 5.75 Å². The van der Waals surface area contributed by atoms with Crippen molar-refractivity contribution in [3.05, 3.63) is 46.2 Å². The molecular weight excluding hydrogens is 244 g/mol. The van der Waals surface area contributed by atoms with E-state index in [1.165, 1.54) is 10.4 Å². The predicted molar refractivity (Wildman–Crippen MR) is 77.0 cm³/mol. The highest BCUT2D eigenvalue weighted by Crippen LogP contribution is 2.22. The number of hydrogen-bond donors (Lipinski definition) is 2. The minimum Gasteiger partial charge on any atom is -0.497 e. The SMILES string of the molecule is COc1cccc([C@@H](C)NCc2sccc2N)c1. The van der Waals surface area contributed by atoms with Crippen LogP contribution in [0.4, 0.5) is 5.69 Å². The largest absolute Gasteiger partial charge is 0.497 e. The first kappa shape index (κ1) is 12.9. The second kappa shape index (κ2) is 5.89. The lowest BCUT2D eigenvalue weighted by Gasteiger charge is -2.14. The molecule has 1 heterocycles. The minimum absolute atomic E-state index is 0.265. The third-order valence-electron chi connectivity index (χ3n) is 2.94. The molecule has 0 saturated heterocycles. The fourth-order valence-corrected chi connectivity index (χ4v) is 2.52. The van der Waals surface area contributed by atoms with Gasteiger partial charge in [-0.3, -0.25) is 0 Å². The Labute approximate surface area is 112 Å². The minimum atomic E-state index is 0.265. The Kier molecular flexibility index (Phi) is 4.23. The average molecular weight is 262 g/mol. The monoisotopic (exact) mass is 262 g/mol. The molecule has 0 radical (unpaired) electrons. The van der Waals surface area contributed by atoms with Crippen molar-refractivity contribution in [2.75, 3.05) is 12.8 Å². The summed E-state index contributed by atoms with van der Waals surface area (Å²) in [5.41, 5.74) is 7.94. The molecule has 0 bridgehead atoms. The summed E-state index contributed by atoms with van der Waals surface area (Å²) in [7, 11) is 1.68. The van der Waals surface area contributed by atoms with E-state index in [9.17, 15) is 0 Å². The van der Waals surface area contributed by atoms with Gasteiger partial charge in [0.05, 0.1) is 7.11 Å². The molecule has 2 aromatic rings. The van der Waals surface area contributed by atoms with Gasteiger partial charge in [0.2, 0.25) is 0 Å². The van der Waals surface area contributed by atoms with Gasteiger partial charge in [-0.1, -0.05) is 12.1 Å². The lowest BCUT2D eigenvalue weighted by atomic mass is 10.1. The lowest BCUT2D eigenvalue weighted by Crippen LogP contribution is -2.18. The van der Waals surface area contributed by atoms with Crippen molar-refractivity contribution in [3.8, 4) is 5.75 Å². The van der Waals surface area contributed by atoms with Crippen LogP contribution in [-0.2, 0) is 6.54 Å². The van der Waals surface area contributed by atoms with Gasteiger partial charge in [0.1, 0.15) is 5.75 Å². The quantitative estimate of drug-likeness (QED) is 0.870. The number of methoxy groups -OCH3 is 1. The van der Waals surface area contributed by atoms with Gasteiger partial charge in [0, 0.05) is 23.2 Å². The summed E-state index contributed by atoms with van der Waals surface area (Å²) >= 11 is 1.68. The molecule has 2 rings (SSSR count). The maximum atomic E-state index is 5.86. The summed E-state index contributed by atoms with van der Waals surface area (Å²) in [6, 6.07) is 10.3. The molecule has 3 nitrogen and oxygen atoms in total. The van der Waals surface area contributed by atoms with E-state index in [0.717, 1.165) is 18.0 Å². The van der Waals surface area contributed by atoms with Crippen molar-refractivity contribution in [2.45, 2.75) is 19.5 Å². The maximum absolute atomic E-state index is 5.86. The number of anilines is 1. The number of nitrogens with two attached hydrogens (primary N) is 1. The predicted octanol–water partition coefficient (Wildman–Crippen LogP) is 3.19. The summed E-state index contributed by atoms with van der Waals surface area (Å²) in [4.78, 5) is 1.18. The average Bonchev–Trinajstić information content (AvgIpc) is 2.81. The number of benzene rings is 1. The summed E-state index contributed by atoms with van der Waals surface area (Å²) in [5, 5.41) is 5.48. The first-order chi connectivity index (χ1) is 8.70. The Morgan fingerprint density at radius 1 is 1.39 bits per heavy atom. The normalized spacial score (nSPS) is 12.3. The van der Waals surface area contributed by atoms with Crippen molar-refractivity contribution in [3.63, 3.8) is 0 Å². The Bertz CT molecular complexity index is 510. The van der Waals surface area contributed by atoms with Crippen LogP contribution in [0, 0.1) is 0 Å². The van der Waals surface area contributed by atoms with Crippen LogP contribution in [0.15, 0.2) is 35.7 Å². The molecule has 3 N–H and O–H groups in total. The zero-order valence-corrected chi connectivity index (χ0v) is 11.5. The molecular formula is C14H18N2OS. The third-order valence-corrected chi connectivity index (χ3v) is 3.88. The van der Waals surface area contributed by atoms with Gasteiger partial charge < -0.3 is 15.8 Å². The first-order valence-electron chi connectivity index (χ1n) is 5.90. The molecule has 1 aromatic heterocycles. The van der Waals surface area contributed by atoms with Crippen LogP contribution in [-0.4, -0.2) is 7.11 Å². The summed E-state index contributed by atoms with van der Waals surface area (Å²) < 4.78 is 5.23. The number of ether oxygens (including phenoxy) is 1. The van der Waals surface area contributed by atoms with Crippen LogP contribution in [0.1, 0.15) is 23.4 Å². The molecule has 0 spiro atoms. The lowest BCUT2D eigenvalue weighted by molar-refractivity contribution is 0.413. The standard InChI is InChI=1S/C14H18N2OS/c1-10(11-4-3-5-12(8-11)17-2)16-9-14-13(15)6-7-18-14/h3-8,10,16H,9,15H2,1-2H3/t10-/m1/s1. The van der Waals surface area contributed by atoms with Crippen LogP contribution in [0.25, 0.3) is 0 Å². The molecule has 0 saturated carbocycles. The van der Waals surface area contributed by atoms with Crippen LogP contribution < -0.4 is 15.8 Å². The highest BCUT2D eigenvalue weighted by Gasteiger charge is 2.07. The number of rotatable bonds is 5. The van der Waals surface area contributed by atoms with E-state index in [4.69, 9.17) is 10.5 Å². The Balaban J connectivity index is 1.99. The van der Waals surface area contributed by atoms with E-state index in [0.29, 0.717) is 0 Å². The van der Waals surface area contributed by atoms with Crippen molar-refractivity contribution in [1.29, 1.82) is 0 Å². The fourth-order valence-electron chi connectivity index (χ4n) is 1.77. The van der Waals surface area contributed by atoms with E-state index >= 15 is 0 Å². The second-order valence-corrected chi connectivity index (χ2v) is 5.18. The number of hydrogen-bond acceptors (Lipinski definition) is 4. The first-order valence-corrected chi connectivity index (χ1v) is 6.78. The number of nitrogens with one attached hydrogen (secondary N) is 1. The number of thiophene rings is 1. The highest BCUT2D eigenvalue weighted by atomic mass is 32.1. The van der Waals surface area contributed by atoms with Crippen molar-refractivity contribution >= 4 is 17.0 Å². The molecule has 0 aliphatic heterocycles. The zero-order chi connectivity index (χ0) is 13.0. The van der Waals surface area contributed by atoms with Crippen molar-refractivity contribution < 1.29 is 4.74 Å². The zero-order valence-electron chi connectivity index (χ0n) is 10.6. The van der Waals surface area contributed by atoms with Gasteiger partial charge in [-0.05, 0) is 36.1 Å². The molecule has 0 amide bonds. The van der Waals surface area contributed by atoms with Crippen LogP contribution in [0.3, 0.4) is 0 Å². The third kappa shape index (κ3) is 3.03. The van der Waals surface area contributed by atoms with Gasteiger partial charge in [-0.2, -0.15) is 0 Å². The van der Waals surface area contributed by atoms with E-state index < -0.39 is 0 Å². The Hall–Kier alpha value is -1.52. The molecule has 0 fully saturated rings. The molecule has 0 aliphatic carbocycles. The number of nitrogen functional groups attached to an aromatic ring is 1. The van der Waals surface area contributed by atoms with Crippen LogP contribution in [0.2, 0.25) is 0 Å². The topological polar surface area (TPSA) is 47.3 Å². The van der Waals surface area contributed by atoms with Gasteiger partial charge >= 0.3 is 0 Å². The highest BCUT2D eigenvalue weighted by molar-refractivity contribution is 7.10. The van der Waals surface area contributed by atoms with E-state index in [1.54, 1.807) is 18.4 Å². The van der Waals surface area contributed by atoms with Crippen molar-refractivity contribution in [2.24, 2.45) is 0 Å². The fraction of sp³-hybridized carbons (Fsp3) is 0.286. The second-order valence-electron chi connectivity index (χ2n) is 4.18.